The molecule has 0 saturated carbocycles. The number of benzene rings is 10. The Hall–Kier alpha value is -6.44. The Morgan fingerprint density at radius 2 is 0.878 bits per heavy atom. The molecule has 0 radical (unpaired) electrons. The van der Waals surface area contributed by atoms with Crippen LogP contribution in [0.1, 0.15) is 0 Å². The van der Waals surface area contributed by atoms with Crippen LogP contribution >= 0.6 is 0 Å². The van der Waals surface area contributed by atoms with Crippen LogP contribution in [-0.2, 0) is 0 Å². The maximum Gasteiger partial charge on any atom is 0.143 e. The normalized spacial score (nSPS) is 12.1. The zero-order valence-corrected chi connectivity index (χ0v) is 26.6. The monoisotopic (exact) mass is 620 g/mol. The van der Waals surface area contributed by atoms with Gasteiger partial charge in [0.25, 0.3) is 0 Å². The fourth-order valence-corrected chi connectivity index (χ4v) is 8.47. The first kappa shape index (κ1) is 26.6. The summed E-state index contributed by atoms with van der Waals surface area (Å²) in [7, 11) is 0. The van der Waals surface area contributed by atoms with E-state index in [1.54, 1.807) is 0 Å². The third kappa shape index (κ3) is 3.76. The molecular formula is C48H28O. The van der Waals surface area contributed by atoms with Crippen molar-refractivity contribution >= 4 is 75.8 Å². The first-order valence-electron chi connectivity index (χ1n) is 16.9. The second-order valence-corrected chi connectivity index (χ2v) is 13.2. The molecule has 0 spiro atoms. The van der Waals surface area contributed by atoms with Gasteiger partial charge >= 0.3 is 0 Å². The van der Waals surface area contributed by atoms with Crippen molar-refractivity contribution in [2.45, 2.75) is 0 Å². The van der Waals surface area contributed by atoms with Gasteiger partial charge in [0.15, 0.2) is 0 Å². The van der Waals surface area contributed by atoms with Gasteiger partial charge in [-0.2, -0.15) is 0 Å². The average molecular weight is 621 g/mol. The van der Waals surface area contributed by atoms with Crippen molar-refractivity contribution in [3.05, 3.63) is 170 Å². The first-order valence-corrected chi connectivity index (χ1v) is 16.9. The van der Waals surface area contributed by atoms with E-state index in [0.29, 0.717) is 0 Å². The standard InChI is InChI=1S/C48H28O/c1-2-10-29(11-3-1)34-16-8-18-42-47-39(17-9-19-44(47)49-48(34)42)37-24-20-30-23-27-41-38(25-21-31-22-26-40(37)45(30)46(31)41)43-28-32-12-4-5-13-33(32)35-14-6-7-15-36(35)43/h1-28H. The van der Waals surface area contributed by atoms with Crippen LogP contribution in [0.5, 0.6) is 0 Å². The molecule has 226 valence electrons. The van der Waals surface area contributed by atoms with Crippen molar-refractivity contribution in [3.63, 3.8) is 0 Å². The van der Waals surface area contributed by atoms with E-state index in [0.717, 1.165) is 33.1 Å². The molecule has 1 nitrogen and oxygen atoms in total. The van der Waals surface area contributed by atoms with Gasteiger partial charge in [-0.25, -0.2) is 0 Å². The highest BCUT2D eigenvalue weighted by atomic mass is 16.3. The predicted octanol–water partition coefficient (Wildman–Crippen LogP) is 13.8. The predicted molar refractivity (Wildman–Crippen MR) is 209 cm³/mol. The SMILES string of the molecule is c1ccc(-c2cccc3c2oc2cccc(-c4ccc5ccc6c(-c7cc8ccccc8c8ccccc78)ccc7ccc4c5c76)c23)cc1. The molecule has 11 rings (SSSR count). The van der Waals surface area contributed by atoms with Crippen LogP contribution in [0.3, 0.4) is 0 Å². The summed E-state index contributed by atoms with van der Waals surface area (Å²) >= 11 is 0. The van der Waals surface area contributed by atoms with E-state index in [2.05, 4.69) is 170 Å². The molecule has 49 heavy (non-hydrogen) atoms. The smallest absolute Gasteiger partial charge is 0.143 e. The highest BCUT2D eigenvalue weighted by molar-refractivity contribution is 6.30. The number of furan rings is 1. The van der Waals surface area contributed by atoms with Gasteiger partial charge in [0, 0.05) is 16.3 Å². The summed E-state index contributed by atoms with van der Waals surface area (Å²) in [6.07, 6.45) is 0. The van der Waals surface area contributed by atoms with Crippen molar-refractivity contribution in [3.8, 4) is 33.4 Å². The Kier molecular flexibility index (Phi) is 5.45. The van der Waals surface area contributed by atoms with Crippen LogP contribution in [0.4, 0.5) is 0 Å². The lowest BCUT2D eigenvalue weighted by Gasteiger charge is -2.18. The van der Waals surface area contributed by atoms with Gasteiger partial charge in [-0.15, -0.1) is 0 Å². The van der Waals surface area contributed by atoms with Gasteiger partial charge in [-0.1, -0.05) is 158 Å². The maximum absolute atomic E-state index is 6.66. The van der Waals surface area contributed by atoms with Gasteiger partial charge in [-0.05, 0) is 93.8 Å². The molecule has 10 aromatic carbocycles. The molecule has 1 heteroatoms. The molecule has 0 fully saturated rings. The fraction of sp³-hybridized carbons (Fsp3) is 0. The quantitative estimate of drug-likeness (QED) is 0.179. The third-order valence-electron chi connectivity index (χ3n) is 10.6. The summed E-state index contributed by atoms with van der Waals surface area (Å²) < 4.78 is 6.66. The molecule has 0 aliphatic heterocycles. The molecule has 0 N–H and O–H groups in total. The van der Waals surface area contributed by atoms with Crippen molar-refractivity contribution in [1.82, 2.24) is 0 Å². The van der Waals surface area contributed by atoms with E-state index in [4.69, 9.17) is 4.42 Å². The van der Waals surface area contributed by atoms with Crippen molar-refractivity contribution in [2.24, 2.45) is 0 Å². The topological polar surface area (TPSA) is 13.1 Å². The molecule has 0 aliphatic rings. The lowest BCUT2D eigenvalue weighted by atomic mass is 9.85. The van der Waals surface area contributed by atoms with Gasteiger partial charge in [-0.3, -0.25) is 0 Å². The molecule has 11 aromatic rings. The molecule has 0 bridgehead atoms. The van der Waals surface area contributed by atoms with Gasteiger partial charge < -0.3 is 4.42 Å². The summed E-state index contributed by atoms with van der Waals surface area (Å²) in [5.41, 5.74) is 9.08. The Morgan fingerprint density at radius 1 is 0.286 bits per heavy atom. The molecule has 0 amide bonds. The lowest BCUT2D eigenvalue weighted by Crippen LogP contribution is -1.91. The number of hydrogen-bond acceptors (Lipinski definition) is 1. The van der Waals surface area contributed by atoms with Crippen LogP contribution < -0.4 is 0 Å². The van der Waals surface area contributed by atoms with Gasteiger partial charge in [0.05, 0.1) is 0 Å². The van der Waals surface area contributed by atoms with E-state index in [-0.39, 0.29) is 0 Å². The highest BCUT2D eigenvalue weighted by Crippen LogP contribution is 2.47. The van der Waals surface area contributed by atoms with Gasteiger partial charge in [0.1, 0.15) is 11.2 Å². The lowest BCUT2D eigenvalue weighted by molar-refractivity contribution is 0.670. The van der Waals surface area contributed by atoms with Crippen molar-refractivity contribution in [1.29, 1.82) is 0 Å². The second-order valence-electron chi connectivity index (χ2n) is 13.2. The number of rotatable bonds is 3. The van der Waals surface area contributed by atoms with Gasteiger partial charge in [0.2, 0.25) is 0 Å². The summed E-state index contributed by atoms with van der Waals surface area (Å²) in [6, 6.07) is 62.0. The van der Waals surface area contributed by atoms with E-state index in [1.807, 2.05) is 0 Å². The van der Waals surface area contributed by atoms with E-state index in [9.17, 15) is 0 Å². The minimum absolute atomic E-state index is 0.909. The molecule has 1 heterocycles. The molecule has 0 unspecified atom stereocenters. The van der Waals surface area contributed by atoms with Crippen molar-refractivity contribution in [2.75, 3.05) is 0 Å². The third-order valence-corrected chi connectivity index (χ3v) is 10.6. The second kappa shape index (κ2) is 10.0. The first-order chi connectivity index (χ1) is 24.3. The summed E-state index contributed by atoms with van der Waals surface area (Å²) in [6.45, 7) is 0. The Labute approximate surface area is 282 Å². The maximum atomic E-state index is 6.66. The molecule has 0 aliphatic carbocycles. The number of para-hydroxylation sites is 1. The van der Waals surface area contributed by atoms with Crippen LogP contribution in [0, 0.1) is 0 Å². The zero-order chi connectivity index (χ0) is 32.1. The van der Waals surface area contributed by atoms with Crippen molar-refractivity contribution < 1.29 is 4.42 Å². The summed E-state index contributed by atoms with van der Waals surface area (Å²) in [5.74, 6) is 0. The summed E-state index contributed by atoms with van der Waals surface area (Å²) in [4.78, 5) is 0. The number of hydrogen-bond donors (Lipinski definition) is 0. The molecular weight excluding hydrogens is 593 g/mol. The minimum atomic E-state index is 0.909. The number of fused-ring (bicyclic) bond motifs is 6. The Bertz CT molecular complexity index is 3090. The molecule has 0 saturated heterocycles. The largest absolute Gasteiger partial charge is 0.455 e. The fourth-order valence-electron chi connectivity index (χ4n) is 8.47. The minimum Gasteiger partial charge on any atom is -0.455 e. The summed E-state index contributed by atoms with van der Waals surface area (Å²) in [5, 5.41) is 15.1. The Morgan fingerprint density at radius 3 is 1.65 bits per heavy atom. The van der Waals surface area contributed by atoms with E-state index in [1.165, 1.54) is 76.1 Å². The average Bonchev–Trinajstić information content (AvgIpc) is 3.56. The van der Waals surface area contributed by atoms with E-state index < -0.39 is 0 Å². The molecule has 0 atom stereocenters. The highest BCUT2D eigenvalue weighted by Gasteiger charge is 2.20. The van der Waals surface area contributed by atoms with Crippen LogP contribution in [0.25, 0.3) is 109 Å². The molecule has 1 aromatic heterocycles. The van der Waals surface area contributed by atoms with E-state index >= 15 is 0 Å². The van der Waals surface area contributed by atoms with Crippen LogP contribution in [0.2, 0.25) is 0 Å². The Balaban J connectivity index is 1.20. The zero-order valence-electron chi connectivity index (χ0n) is 26.6. The van der Waals surface area contributed by atoms with Crippen LogP contribution in [0.15, 0.2) is 174 Å². The van der Waals surface area contributed by atoms with Crippen LogP contribution in [-0.4, -0.2) is 0 Å².